The molecular formula is C13H16F3NOS. The maximum absolute atomic E-state index is 13.1. The molecule has 1 aliphatic heterocycles. The molecule has 0 spiro atoms. The SMILES string of the molecule is O=S1CCC(NC(c2ccccc2)C(F)(F)F)CC1. The van der Waals surface area contributed by atoms with Gasteiger partial charge in [-0.15, -0.1) is 0 Å². The first-order chi connectivity index (χ1) is 8.97. The van der Waals surface area contributed by atoms with Crippen LogP contribution >= 0.6 is 0 Å². The number of hydrogen-bond acceptors (Lipinski definition) is 2. The highest BCUT2D eigenvalue weighted by Gasteiger charge is 2.41. The predicted molar refractivity (Wildman–Crippen MR) is 69.3 cm³/mol. The Hall–Kier alpha value is -0.880. The molecule has 1 aromatic rings. The van der Waals surface area contributed by atoms with Gasteiger partial charge in [-0.3, -0.25) is 9.53 Å². The summed E-state index contributed by atoms with van der Waals surface area (Å²) in [6.45, 7) is 0. The van der Waals surface area contributed by atoms with Gasteiger partial charge in [0.05, 0.1) is 0 Å². The first kappa shape index (κ1) is 14.5. The number of alkyl halides is 3. The molecule has 0 aromatic heterocycles. The van der Waals surface area contributed by atoms with Gasteiger partial charge in [0.1, 0.15) is 6.04 Å². The Morgan fingerprint density at radius 3 is 2.26 bits per heavy atom. The first-order valence-electron chi connectivity index (χ1n) is 6.19. The summed E-state index contributed by atoms with van der Waals surface area (Å²) in [6.07, 6.45) is -3.25. The molecule has 0 radical (unpaired) electrons. The molecule has 0 aliphatic carbocycles. The molecule has 2 nitrogen and oxygen atoms in total. The third-order valence-corrected chi connectivity index (χ3v) is 4.63. The summed E-state index contributed by atoms with van der Waals surface area (Å²) >= 11 is 0. The second kappa shape index (κ2) is 6.05. The highest BCUT2D eigenvalue weighted by atomic mass is 32.2. The summed E-state index contributed by atoms with van der Waals surface area (Å²) in [4.78, 5) is 0. The minimum Gasteiger partial charge on any atom is -0.300 e. The second-order valence-corrected chi connectivity index (χ2v) is 6.37. The molecular weight excluding hydrogens is 275 g/mol. The highest BCUT2D eigenvalue weighted by Crippen LogP contribution is 2.33. The van der Waals surface area contributed by atoms with Crippen LogP contribution in [0.3, 0.4) is 0 Å². The number of halogens is 3. The van der Waals surface area contributed by atoms with E-state index in [1.807, 2.05) is 0 Å². The average Bonchev–Trinajstić information content (AvgIpc) is 2.37. The molecule has 6 heteroatoms. The van der Waals surface area contributed by atoms with Crippen molar-refractivity contribution in [2.75, 3.05) is 11.5 Å². The van der Waals surface area contributed by atoms with E-state index in [9.17, 15) is 17.4 Å². The Labute approximate surface area is 112 Å². The lowest BCUT2D eigenvalue weighted by atomic mass is 10.0. The van der Waals surface area contributed by atoms with E-state index in [4.69, 9.17) is 0 Å². The van der Waals surface area contributed by atoms with Gasteiger partial charge in [-0.25, -0.2) is 0 Å². The standard InChI is InChI=1S/C13H16F3NOS/c14-13(15,16)12(10-4-2-1-3-5-10)17-11-6-8-19(18)9-7-11/h1-5,11-12,17H,6-9H2. The molecule has 1 atom stereocenters. The van der Waals surface area contributed by atoms with Gasteiger partial charge < -0.3 is 0 Å². The van der Waals surface area contributed by atoms with Crippen molar-refractivity contribution in [2.24, 2.45) is 0 Å². The van der Waals surface area contributed by atoms with Gasteiger partial charge in [0.25, 0.3) is 0 Å². The van der Waals surface area contributed by atoms with Crippen LogP contribution in [0.5, 0.6) is 0 Å². The van der Waals surface area contributed by atoms with Crippen LogP contribution in [0.25, 0.3) is 0 Å². The lowest BCUT2D eigenvalue weighted by Crippen LogP contribution is -2.43. The van der Waals surface area contributed by atoms with E-state index in [1.54, 1.807) is 18.2 Å². The maximum Gasteiger partial charge on any atom is 0.407 e. The highest BCUT2D eigenvalue weighted by molar-refractivity contribution is 7.85. The normalized spacial score (nSPS) is 26.1. The molecule has 0 saturated carbocycles. The number of rotatable bonds is 3. The molecule has 1 heterocycles. The molecule has 1 unspecified atom stereocenters. The summed E-state index contributed by atoms with van der Waals surface area (Å²) in [5, 5.41) is 2.67. The fourth-order valence-electron chi connectivity index (χ4n) is 2.22. The Morgan fingerprint density at radius 2 is 1.74 bits per heavy atom. The van der Waals surface area contributed by atoms with Crippen molar-refractivity contribution in [3.8, 4) is 0 Å². The van der Waals surface area contributed by atoms with Crippen molar-refractivity contribution in [2.45, 2.75) is 31.1 Å². The van der Waals surface area contributed by atoms with Crippen LogP contribution in [0, 0.1) is 0 Å². The van der Waals surface area contributed by atoms with Crippen LogP contribution in [-0.2, 0) is 10.8 Å². The van der Waals surface area contributed by atoms with E-state index in [1.165, 1.54) is 12.1 Å². The molecule has 1 saturated heterocycles. The largest absolute Gasteiger partial charge is 0.407 e. The molecule has 2 rings (SSSR count). The molecule has 1 fully saturated rings. The van der Waals surface area contributed by atoms with Crippen molar-refractivity contribution < 1.29 is 17.4 Å². The quantitative estimate of drug-likeness (QED) is 0.928. The average molecular weight is 291 g/mol. The molecule has 1 N–H and O–H groups in total. The van der Waals surface area contributed by atoms with Crippen molar-refractivity contribution in [1.82, 2.24) is 5.32 Å². The van der Waals surface area contributed by atoms with Gasteiger partial charge in [-0.05, 0) is 18.4 Å². The van der Waals surface area contributed by atoms with E-state index < -0.39 is 23.0 Å². The number of benzene rings is 1. The Kier molecular flexibility index (Phi) is 4.62. The van der Waals surface area contributed by atoms with Gasteiger partial charge in [0, 0.05) is 28.3 Å². The zero-order chi connectivity index (χ0) is 13.9. The smallest absolute Gasteiger partial charge is 0.300 e. The Bertz CT molecular complexity index is 425. The predicted octanol–water partition coefficient (Wildman–Crippen LogP) is 2.79. The zero-order valence-corrected chi connectivity index (χ0v) is 11.1. The fourth-order valence-corrected chi connectivity index (χ4v) is 3.52. The molecule has 0 amide bonds. The van der Waals surface area contributed by atoms with Gasteiger partial charge in [-0.2, -0.15) is 13.2 Å². The topological polar surface area (TPSA) is 29.1 Å². The van der Waals surface area contributed by atoms with Gasteiger partial charge >= 0.3 is 6.18 Å². The minimum absolute atomic E-state index is 0.218. The maximum atomic E-state index is 13.1. The third-order valence-electron chi connectivity index (χ3n) is 3.25. The van der Waals surface area contributed by atoms with Crippen molar-refractivity contribution in [3.63, 3.8) is 0 Å². The number of hydrogen-bond donors (Lipinski definition) is 1. The molecule has 1 aromatic carbocycles. The van der Waals surface area contributed by atoms with E-state index >= 15 is 0 Å². The molecule has 0 bridgehead atoms. The van der Waals surface area contributed by atoms with Crippen LogP contribution in [0.4, 0.5) is 13.2 Å². The van der Waals surface area contributed by atoms with Gasteiger partial charge in [-0.1, -0.05) is 30.3 Å². The Balaban J connectivity index is 2.09. The summed E-state index contributed by atoms with van der Waals surface area (Å²) in [5.74, 6) is 0.966. The van der Waals surface area contributed by atoms with Crippen molar-refractivity contribution in [1.29, 1.82) is 0 Å². The Morgan fingerprint density at radius 1 is 1.16 bits per heavy atom. The summed E-state index contributed by atoms with van der Waals surface area (Å²) < 4.78 is 50.6. The van der Waals surface area contributed by atoms with Crippen molar-refractivity contribution >= 4 is 10.8 Å². The van der Waals surface area contributed by atoms with Crippen LogP contribution < -0.4 is 5.32 Å². The number of nitrogens with one attached hydrogen (secondary N) is 1. The lowest BCUT2D eigenvalue weighted by molar-refractivity contribution is -0.159. The van der Waals surface area contributed by atoms with E-state index in [0.717, 1.165) is 0 Å². The molecule has 1 aliphatic rings. The summed E-state index contributed by atoms with van der Waals surface area (Å²) in [6, 6.07) is 5.99. The molecule has 106 valence electrons. The van der Waals surface area contributed by atoms with Crippen LogP contribution in [-0.4, -0.2) is 27.9 Å². The van der Waals surface area contributed by atoms with Crippen LogP contribution in [0.1, 0.15) is 24.4 Å². The summed E-state index contributed by atoms with van der Waals surface area (Å²) in [5.41, 5.74) is 0.224. The zero-order valence-electron chi connectivity index (χ0n) is 10.3. The van der Waals surface area contributed by atoms with Gasteiger partial charge in [0.15, 0.2) is 0 Å². The van der Waals surface area contributed by atoms with Gasteiger partial charge in [0.2, 0.25) is 0 Å². The van der Waals surface area contributed by atoms with E-state index in [-0.39, 0.29) is 11.6 Å². The van der Waals surface area contributed by atoms with Crippen molar-refractivity contribution in [3.05, 3.63) is 35.9 Å². The first-order valence-corrected chi connectivity index (χ1v) is 7.68. The summed E-state index contributed by atoms with van der Waals surface area (Å²) in [7, 11) is -0.863. The second-order valence-electron chi connectivity index (χ2n) is 4.67. The fraction of sp³-hybridized carbons (Fsp3) is 0.538. The van der Waals surface area contributed by atoms with Crippen LogP contribution in [0.15, 0.2) is 30.3 Å². The van der Waals surface area contributed by atoms with E-state index in [2.05, 4.69) is 5.32 Å². The minimum atomic E-state index is -4.32. The van der Waals surface area contributed by atoms with Crippen LogP contribution in [0.2, 0.25) is 0 Å². The third kappa shape index (κ3) is 4.04. The van der Waals surface area contributed by atoms with E-state index in [0.29, 0.717) is 24.3 Å². The molecule has 19 heavy (non-hydrogen) atoms. The lowest BCUT2D eigenvalue weighted by Gasteiger charge is -2.29. The monoisotopic (exact) mass is 291 g/mol.